The highest BCUT2D eigenvalue weighted by molar-refractivity contribution is 6.31. The third-order valence-corrected chi connectivity index (χ3v) is 5.86. The quantitative estimate of drug-likeness (QED) is 0.352. The lowest BCUT2D eigenvalue weighted by atomic mass is 10.1. The van der Waals surface area contributed by atoms with Gasteiger partial charge in [-0.15, -0.1) is 0 Å². The lowest BCUT2D eigenvalue weighted by molar-refractivity contribution is 0.552. The van der Waals surface area contributed by atoms with Crippen molar-refractivity contribution in [1.29, 1.82) is 0 Å². The van der Waals surface area contributed by atoms with E-state index in [-0.39, 0.29) is 0 Å². The molecule has 0 spiro atoms. The van der Waals surface area contributed by atoms with E-state index in [1.165, 1.54) is 11.9 Å². The third-order valence-electron chi connectivity index (χ3n) is 5.64. The van der Waals surface area contributed by atoms with Gasteiger partial charge in [0, 0.05) is 35.7 Å². The Morgan fingerprint density at radius 2 is 1.86 bits per heavy atom. The number of halogens is 1. The first kappa shape index (κ1) is 21.1. The summed E-state index contributed by atoms with van der Waals surface area (Å²) in [7, 11) is 0. The lowest BCUT2D eigenvalue weighted by Gasteiger charge is -2.07. The molecule has 0 saturated heterocycles. The number of hydrogen-bond acceptors (Lipinski definition) is 7. The second-order valence-electron chi connectivity index (χ2n) is 8.12. The van der Waals surface area contributed by atoms with Crippen molar-refractivity contribution in [3.63, 3.8) is 0 Å². The number of benzene rings is 2. The minimum Gasteiger partial charge on any atom is -0.407 e. The van der Waals surface area contributed by atoms with Crippen LogP contribution in [0.25, 0.3) is 22.1 Å². The van der Waals surface area contributed by atoms with E-state index in [2.05, 4.69) is 54.7 Å². The molecule has 0 unspecified atom stereocenters. The van der Waals surface area contributed by atoms with Gasteiger partial charge in [-0.3, -0.25) is 14.3 Å². The summed E-state index contributed by atoms with van der Waals surface area (Å²) in [6.07, 6.45) is 7.10. The maximum absolute atomic E-state index is 11.6. The Hall–Kier alpha value is -4.44. The first-order chi connectivity index (χ1) is 17.1. The first-order valence-corrected chi connectivity index (χ1v) is 11.3. The molecule has 0 aliphatic carbocycles. The maximum Gasteiger partial charge on any atom is 0.417 e. The van der Waals surface area contributed by atoms with Gasteiger partial charge in [0.1, 0.15) is 12.1 Å². The highest BCUT2D eigenvalue weighted by Crippen LogP contribution is 2.24. The van der Waals surface area contributed by atoms with E-state index in [4.69, 9.17) is 16.0 Å². The first-order valence-electron chi connectivity index (χ1n) is 10.9. The van der Waals surface area contributed by atoms with Gasteiger partial charge in [0.2, 0.25) is 0 Å². The molecule has 0 aliphatic rings. The zero-order valence-corrected chi connectivity index (χ0v) is 19.1. The molecule has 0 bridgehead atoms. The average molecular weight is 487 g/mol. The van der Waals surface area contributed by atoms with E-state index in [1.54, 1.807) is 18.3 Å². The van der Waals surface area contributed by atoms with Crippen LogP contribution in [-0.4, -0.2) is 34.5 Å². The maximum atomic E-state index is 11.6. The normalized spacial score (nSPS) is 11.5. The SMILES string of the molecule is O=c1[nH]c2cc(Cl)cc(CNc3ncnc4nn(Cc5ccc(Cn6cccn6)cc5)cc34)c2o1. The fourth-order valence-corrected chi connectivity index (χ4v) is 4.27. The number of aromatic amines is 1. The van der Waals surface area contributed by atoms with Crippen molar-refractivity contribution in [1.82, 2.24) is 34.5 Å². The summed E-state index contributed by atoms with van der Waals surface area (Å²) >= 11 is 6.20. The van der Waals surface area contributed by atoms with E-state index in [0.717, 1.165) is 23.1 Å². The van der Waals surface area contributed by atoms with E-state index < -0.39 is 5.76 Å². The van der Waals surface area contributed by atoms with Crippen molar-refractivity contribution in [2.24, 2.45) is 0 Å². The van der Waals surface area contributed by atoms with E-state index >= 15 is 0 Å². The Morgan fingerprint density at radius 3 is 2.63 bits per heavy atom. The van der Waals surface area contributed by atoms with Gasteiger partial charge in [-0.05, 0) is 29.3 Å². The molecule has 2 aromatic carbocycles. The number of nitrogens with zero attached hydrogens (tertiary/aromatic N) is 6. The Balaban J connectivity index is 1.21. The van der Waals surface area contributed by atoms with Crippen molar-refractivity contribution < 1.29 is 4.42 Å². The van der Waals surface area contributed by atoms with Gasteiger partial charge in [-0.2, -0.15) is 10.2 Å². The van der Waals surface area contributed by atoms with Gasteiger partial charge in [-0.25, -0.2) is 14.8 Å². The van der Waals surface area contributed by atoms with Crippen molar-refractivity contribution in [3.05, 3.63) is 99.6 Å². The molecule has 0 radical (unpaired) electrons. The summed E-state index contributed by atoms with van der Waals surface area (Å²) in [6, 6.07) is 13.7. The molecule has 0 saturated carbocycles. The second kappa shape index (κ2) is 8.73. The molecule has 35 heavy (non-hydrogen) atoms. The minimum atomic E-state index is -0.524. The van der Waals surface area contributed by atoms with Crippen LogP contribution < -0.4 is 11.1 Å². The van der Waals surface area contributed by atoms with Crippen LogP contribution in [0.1, 0.15) is 16.7 Å². The molecule has 6 aromatic rings. The van der Waals surface area contributed by atoms with Gasteiger partial charge >= 0.3 is 5.76 Å². The molecule has 0 atom stereocenters. The zero-order chi connectivity index (χ0) is 23.8. The summed E-state index contributed by atoms with van der Waals surface area (Å²) in [5, 5.41) is 13.4. The van der Waals surface area contributed by atoms with Crippen LogP contribution in [0, 0.1) is 0 Å². The standard InChI is InChI=1S/C24H19ClN8O2/c25-18-8-17(21-20(9-18)30-24(34)35-21)10-26-22-19-13-33(31-23(19)28-14-27-22)12-16-4-2-15(3-5-16)11-32-7-1-6-29-32/h1-9,13-14H,10-12H2,(H,30,34)(H,26,27,28,31). The van der Waals surface area contributed by atoms with Crippen molar-refractivity contribution in [2.75, 3.05) is 5.32 Å². The lowest BCUT2D eigenvalue weighted by Crippen LogP contribution is -2.02. The predicted molar refractivity (Wildman–Crippen MR) is 131 cm³/mol. The second-order valence-corrected chi connectivity index (χ2v) is 8.55. The Kier molecular flexibility index (Phi) is 5.27. The van der Waals surface area contributed by atoms with Crippen LogP contribution in [0.15, 0.2) is 76.6 Å². The van der Waals surface area contributed by atoms with Gasteiger partial charge in [0.05, 0.1) is 24.0 Å². The number of anilines is 1. The molecule has 6 rings (SSSR count). The smallest absolute Gasteiger partial charge is 0.407 e. The van der Waals surface area contributed by atoms with Crippen LogP contribution >= 0.6 is 11.6 Å². The van der Waals surface area contributed by atoms with Crippen LogP contribution in [0.3, 0.4) is 0 Å². The van der Waals surface area contributed by atoms with E-state index in [0.29, 0.717) is 40.7 Å². The van der Waals surface area contributed by atoms with Gasteiger partial charge < -0.3 is 9.73 Å². The monoisotopic (exact) mass is 486 g/mol. The number of H-pyrrole nitrogens is 1. The summed E-state index contributed by atoms with van der Waals surface area (Å²) in [5.41, 5.74) is 4.63. The van der Waals surface area contributed by atoms with E-state index in [1.807, 2.05) is 27.8 Å². The molecule has 0 aliphatic heterocycles. The van der Waals surface area contributed by atoms with Crippen LogP contribution in [0.5, 0.6) is 0 Å². The van der Waals surface area contributed by atoms with Crippen LogP contribution in [0.4, 0.5) is 5.82 Å². The highest BCUT2D eigenvalue weighted by Gasteiger charge is 2.12. The van der Waals surface area contributed by atoms with Crippen molar-refractivity contribution >= 4 is 39.6 Å². The number of nitrogens with one attached hydrogen (secondary N) is 2. The molecule has 11 heteroatoms. The minimum absolute atomic E-state index is 0.354. The summed E-state index contributed by atoms with van der Waals surface area (Å²) < 4.78 is 9.01. The zero-order valence-electron chi connectivity index (χ0n) is 18.3. The van der Waals surface area contributed by atoms with E-state index in [9.17, 15) is 4.79 Å². The number of hydrogen-bond donors (Lipinski definition) is 2. The summed E-state index contributed by atoms with van der Waals surface area (Å²) in [6.45, 7) is 1.68. The molecule has 4 heterocycles. The fourth-order valence-electron chi connectivity index (χ4n) is 4.03. The third kappa shape index (κ3) is 4.38. The topological polar surface area (TPSA) is 119 Å². The van der Waals surface area contributed by atoms with Crippen LogP contribution in [-0.2, 0) is 19.6 Å². The Labute approximate surface area is 203 Å². The molecule has 174 valence electrons. The van der Waals surface area contributed by atoms with Crippen molar-refractivity contribution in [3.8, 4) is 0 Å². The molecule has 2 N–H and O–H groups in total. The summed E-state index contributed by atoms with van der Waals surface area (Å²) in [4.78, 5) is 22.9. The number of rotatable bonds is 7. The molecule has 0 fully saturated rings. The average Bonchev–Trinajstić information content (AvgIpc) is 3.58. The molecular formula is C24H19ClN8O2. The molecular weight excluding hydrogens is 468 g/mol. The largest absolute Gasteiger partial charge is 0.417 e. The van der Waals surface area contributed by atoms with Gasteiger partial charge in [0.25, 0.3) is 0 Å². The van der Waals surface area contributed by atoms with Crippen molar-refractivity contribution in [2.45, 2.75) is 19.6 Å². The summed E-state index contributed by atoms with van der Waals surface area (Å²) in [5.74, 6) is 0.102. The highest BCUT2D eigenvalue weighted by atomic mass is 35.5. The number of fused-ring (bicyclic) bond motifs is 2. The number of oxazole rings is 1. The van der Waals surface area contributed by atoms with Crippen LogP contribution in [0.2, 0.25) is 5.02 Å². The van der Waals surface area contributed by atoms with Gasteiger partial charge in [0.15, 0.2) is 11.2 Å². The Bertz CT molecular complexity index is 1680. The molecule has 0 amide bonds. The predicted octanol–water partition coefficient (Wildman–Crippen LogP) is 3.82. The molecule has 4 aromatic heterocycles. The molecule has 10 nitrogen and oxygen atoms in total. The Morgan fingerprint density at radius 1 is 1.06 bits per heavy atom. The fraction of sp³-hybridized carbons (Fsp3) is 0.125. The van der Waals surface area contributed by atoms with Gasteiger partial charge in [-0.1, -0.05) is 35.9 Å². The number of aromatic nitrogens is 7.